The standard InChI is InChI=1S/C20H19N3O2/c1-14-11-12-22-19(21)18(14)20(24)23-16-7-9-17(10-8-16)25-13-15-5-3-2-4-6-15/h2-12H,13H2,1H3,(H2,21,22)(H,23,24). The summed E-state index contributed by atoms with van der Waals surface area (Å²) in [6.07, 6.45) is 1.58. The van der Waals surface area contributed by atoms with Crippen molar-refractivity contribution in [1.82, 2.24) is 4.98 Å². The third kappa shape index (κ3) is 4.14. The Kier molecular flexibility index (Phi) is 4.95. The molecule has 2 aromatic carbocycles. The minimum absolute atomic E-state index is 0.223. The lowest BCUT2D eigenvalue weighted by Gasteiger charge is -2.10. The Labute approximate surface area is 146 Å². The Hall–Kier alpha value is -3.34. The number of amides is 1. The second kappa shape index (κ2) is 7.49. The summed E-state index contributed by atoms with van der Waals surface area (Å²) in [5.74, 6) is 0.681. The highest BCUT2D eigenvalue weighted by Crippen LogP contribution is 2.20. The number of aromatic nitrogens is 1. The molecular formula is C20H19N3O2. The number of ether oxygens (including phenoxy) is 1. The number of pyridine rings is 1. The van der Waals surface area contributed by atoms with Gasteiger partial charge in [0.15, 0.2) is 0 Å². The van der Waals surface area contributed by atoms with E-state index in [1.807, 2.05) is 49.4 Å². The van der Waals surface area contributed by atoms with E-state index in [1.165, 1.54) is 0 Å². The lowest BCUT2D eigenvalue weighted by atomic mass is 10.1. The molecule has 0 aliphatic heterocycles. The first-order valence-corrected chi connectivity index (χ1v) is 7.93. The van der Waals surface area contributed by atoms with Crippen LogP contribution in [0.25, 0.3) is 0 Å². The average molecular weight is 333 g/mol. The molecule has 25 heavy (non-hydrogen) atoms. The van der Waals surface area contributed by atoms with Crippen molar-refractivity contribution in [3.05, 3.63) is 83.6 Å². The molecule has 3 aromatic rings. The van der Waals surface area contributed by atoms with Crippen LogP contribution in [0.4, 0.5) is 11.5 Å². The van der Waals surface area contributed by atoms with Gasteiger partial charge in [0.1, 0.15) is 18.2 Å². The summed E-state index contributed by atoms with van der Waals surface area (Å²) >= 11 is 0. The van der Waals surface area contributed by atoms with E-state index in [0.717, 1.165) is 16.9 Å². The van der Waals surface area contributed by atoms with Gasteiger partial charge >= 0.3 is 0 Å². The number of carbonyl (C=O) groups excluding carboxylic acids is 1. The van der Waals surface area contributed by atoms with Gasteiger partial charge in [-0.2, -0.15) is 0 Å². The minimum atomic E-state index is -0.277. The fourth-order valence-electron chi connectivity index (χ4n) is 2.44. The third-order valence-electron chi connectivity index (χ3n) is 3.78. The van der Waals surface area contributed by atoms with Gasteiger partial charge in [0, 0.05) is 11.9 Å². The average Bonchev–Trinajstić information content (AvgIpc) is 2.62. The highest BCUT2D eigenvalue weighted by atomic mass is 16.5. The molecule has 0 bridgehead atoms. The Morgan fingerprint density at radius 1 is 1.08 bits per heavy atom. The zero-order chi connectivity index (χ0) is 17.6. The van der Waals surface area contributed by atoms with Crippen LogP contribution >= 0.6 is 0 Å². The van der Waals surface area contributed by atoms with Gasteiger partial charge in [0.05, 0.1) is 5.56 Å². The molecule has 1 aromatic heterocycles. The monoisotopic (exact) mass is 333 g/mol. The number of nitrogen functional groups attached to an aromatic ring is 1. The van der Waals surface area contributed by atoms with E-state index in [4.69, 9.17) is 10.5 Å². The lowest BCUT2D eigenvalue weighted by molar-refractivity contribution is 0.102. The predicted octanol–water partition coefficient (Wildman–Crippen LogP) is 3.80. The number of hydrogen-bond donors (Lipinski definition) is 2. The van der Waals surface area contributed by atoms with Gasteiger partial charge in [-0.3, -0.25) is 4.79 Å². The van der Waals surface area contributed by atoms with Gasteiger partial charge in [-0.1, -0.05) is 30.3 Å². The van der Waals surface area contributed by atoms with Gasteiger partial charge in [-0.15, -0.1) is 0 Å². The van der Waals surface area contributed by atoms with Crippen molar-refractivity contribution in [2.75, 3.05) is 11.1 Å². The van der Waals surface area contributed by atoms with Gasteiger partial charge < -0.3 is 15.8 Å². The molecule has 5 nitrogen and oxygen atoms in total. The molecule has 0 spiro atoms. The van der Waals surface area contributed by atoms with E-state index < -0.39 is 0 Å². The summed E-state index contributed by atoms with van der Waals surface area (Å²) in [6.45, 7) is 2.32. The van der Waals surface area contributed by atoms with Crippen molar-refractivity contribution in [2.24, 2.45) is 0 Å². The zero-order valence-electron chi connectivity index (χ0n) is 13.9. The molecular weight excluding hydrogens is 314 g/mol. The third-order valence-corrected chi connectivity index (χ3v) is 3.78. The highest BCUT2D eigenvalue weighted by Gasteiger charge is 2.13. The number of nitrogens with two attached hydrogens (primary N) is 1. The summed E-state index contributed by atoms with van der Waals surface area (Å²) in [5, 5.41) is 2.83. The van der Waals surface area contributed by atoms with E-state index >= 15 is 0 Å². The maximum absolute atomic E-state index is 12.4. The lowest BCUT2D eigenvalue weighted by Crippen LogP contribution is -2.16. The van der Waals surface area contributed by atoms with Gasteiger partial charge in [-0.25, -0.2) is 4.98 Å². The first kappa shape index (κ1) is 16.5. The van der Waals surface area contributed by atoms with Crippen molar-refractivity contribution >= 4 is 17.4 Å². The smallest absolute Gasteiger partial charge is 0.259 e. The topological polar surface area (TPSA) is 77.2 Å². The Morgan fingerprint density at radius 2 is 1.80 bits per heavy atom. The molecule has 3 rings (SSSR count). The first-order valence-electron chi connectivity index (χ1n) is 7.93. The van der Waals surface area contributed by atoms with E-state index in [-0.39, 0.29) is 11.7 Å². The Morgan fingerprint density at radius 3 is 2.48 bits per heavy atom. The van der Waals surface area contributed by atoms with Crippen molar-refractivity contribution in [3.63, 3.8) is 0 Å². The summed E-state index contributed by atoms with van der Waals surface area (Å²) in [7, 11) is 0. The first-order chi connectivity index (χ1) is 12.1. The second-order valence-corrected chi connectivity index (χ2v) is 5.64. The van der Waals surface area contributed by atoms with Crippen LogP contribution in [0.15, 0.2) is 66.9 Å². The molecule has 0 radical (unpaired) electrons. The molecule has 0 atom stereocenters. The molecule has 126 valence electrons. The Balaban J connectivity index is 1.63. The number of nitrogens with zero attached hydrogens (tertiary/aromatic N) is 1. The quantitative estimate of drug-likeness (QED) is 0.744. The normalized spacial score (nSPS) is 10.3. The molecule has 1 amide bonds. The maximum Gasteiger partial charge on any atom is 0.259 e. The summed E-state index contributed by atoms with van der Waals surface area (Å²) in [5.41, 5.74) is 8.75. The molecule has 0 aliphatic rings. The number of hydrogen-bond acceptors (Lipinski definition) is 4. The molecule has 0 unspecified atom stereocenters. The summed E-state index contributed by atoms with van der Waals surface area (Å²) in [4.78, 5) is 16.4. The largest absolute Gasteiger partial charge is 0.489 e. The molecule has 0 saturated carbocycles. The Bertz CT molecular complexity index is 842. The van der Waals surface area contributed by atoms with Gasteiger partial charge in [-0.05, 0) is 48.4 Å². The van der Waals surface area contributed by atoms with Crippen LogP contribution in [0, 0.1) is 6.92 Å². The van der Waals surface area contributed by atoms with Crippen LogP contribution in [0.3, 0.4) is 0 Å². The molecule has 0 fully saturated rings. The number of carbonyl (C=O) groups is 1. The van der Waals surface area contributed by atoms with E-state index in [0.29, 0.717) is 17.9 Å². The second-order valence-electron chi connectivity index (χ2n) is 5.64. The number of rotatable bonds is 5. The fraction of sp³-hybridized carbons (Fsp3) is 0.100. The summed E-state index contributed by atoms with van der Waals surface area (Å²) < 4.78 is 5.73. The van der Waals surface area contributed by atoms with Crippen LogP contribution in [-0.2, 0) is 6.61 Å². The van der Waals surface area contributed by atoms with Crippen LogP contribution in [0.1, 0.15) is 21.5 Å². The van der Waals surface area contributed by atoms with E-state index in [2.05, 4.69) is 10.3 Å². The van der Waals surface area contributed by atoms with Crippen molar-refractivity contribution < 1.29 is 9.53 Å². The zero-order valence-corrected chi connectivity index (χ0v) is 13.9. The molecule has 1 heterocycles. The molecule has 0 aliphatic carbocycles. The molecule has 0 saturated heterocycles. The number of aryl methyl sites for hydroxylation is 1. The van der Waals surface area contributed by atoms with Crippen LogP contribution in [0.2, 0.25) is 0 Å². The predicted molar refractivity (Wildman–Crippen MR) is 98.6 cm³/mol. The number of anilines is 2. The van der Waals surface area contributed by atoms with Crippen LogP contribution < -0.4 is 15.8 Å². The van der Waals surface area contributed by atoms with Crippen molar-refractivity contribution in [3.8, 4) is 5.75 Å². The highest BCUT2D eigenvalue weighted by molar-refractivity contribution is 6.08. The van der Waals surface area contributed by atoms with Gasteiger partial charge in [0.25, 0.3) is 5.91 Å². The van der Waals surface area contributed by atoms with Crippen LogP contribution in [-0.4, -0.2) is 10.9 Å². The van der Waals surface area contributed by atoms with Crippen LogP contribution in [0.5, 0.6) is 5.75 Å². The van der Waals surface area contributed by atoms with E-state index in [1.54, 1.807) is 24.4 Å². The molecule has 5 heteroatoms. The maximum atomic E-state index is 12.4. The summed E-state index contributed by atoms with van der Waals surface area (Å²) in [6, 6.07) is 18.9. The van der Waals surface area contributed by atoms with Gasteiger partial charge in [0.2, 0.25) is 0 Å². The number of benzene rings is 2. The van der Waals surface area contributed by atoms with E-state index in [9.17, 15) is 4.79 Å². The van der Waals surface area contributed by atoms with Crippen molar-refractivity contribution in [2.45, 2.75) is 13.5 Å². The molecule has 3 N–H and O–H groups in total. The van der Waals surface area contributed by atoms with Crippen molar-refractivity contribution in [1.29, 1.82) is 0 Å². The fourth-order valence-corrected chi connectivity index (χ4v) is 2.44. The minimum Gasteiger partial charge on any atom is -0.489 e. The number of nitrogens with one attached hydrogen (secondary N) is 1. The SMILES string of the molecule is Cc1ccnc(N)c1C(=O)Nc1ccc(OCc2ccccc2)cc1.